The molecule has 1 unspecified atom stereocenters. The molecule has 0 radical (unpaired) electrons. The van der Waals surface area contributed by atoms with Gasteiger partial charge in [0.15, 0.2) is 0 Å². The van der Waals surface area contributed by atoms with E-state index in [2.05, 4.69) is 15.5 Å². The van der Waals surface area contributed by atoms with Crippen LogP contribution in [0.3, 0.4) is 0 Å². The fourth-order valence-corrected chi connectivity index (χ4v) is 3.14. The minimum Gasteiger partial charge on any atom is -0.408 e. The number of rotatable bonds is 3. The summed E-state index contributed by atoms with van der Waals surface area (Å²) in [5.41, 5.74) is -2.44. The Hall–Kier alpha value is -2.30. The largest absolute Gasteiger partial charge is 0.417 e. The summed E-state index contributed by atoms with van der Waals surface area (Å²) in [6, 6.07) is -0.187. The summed E-state index contributed by atoms with van der Waals surface area (Å²) >= 11 is 0. The lowest BCUT2D eigenvalue weighted by Gasteiger charge is -2.17. The number of halogens is 4. The number of carbonyl (C=O) groups excluding carboxylic acids is 1. The smallest absolute Gasteiger partial charge is 0.408 e. The van der Waals surface area contributed by atoms with Gasteiger partial charge in [-0.15, -0.1) is 5.10 Å². The van der Waals surface area contributed by atoms with Gasteiger partial charge in [0.05, 0.1) is 26.8 Å². The monoisotopic (exact) mass is 365 g/mol. The minimum atomic E-state index is -4.91. The van der Waals surface area contributed by atoms with Crippen molar-refractivity contribution in [3.8, 4) is 0 Å². The second-order valence-electron chi connectivity index (χ2n) is 4.77. The number of alkyl halides is 3. The maximum Gasteiger partial charge on any atom is 0.417 e. The number of carbonyl (C=O) groups is 1. The number of aromatic nitrogens is 2. The zero-order valence-electron chi connectivity index (χ0n) is 12.6. The molecule has 24 heavy (non-hydrogen) atoms. The molecule has 1 heterocycles. The highest BCUT2D eigenvalue weighted by Gasteiger charge is 2.38. The summed E-state index contributed by atoms with van der Waals surface area (Å²) in [4.78, 5) is 11.5. The molecule has 0 fully saturated rings. The van der Waals surface area contributed by atoms with Crippen LogP contribution in [0.4, 0.5) is 23.6 Å². The second-order valence-corrected chi connectivity index (χ2v) is 6.08. The highest BCUT2D eigenvalue weighted by Crippen LogP contribution is 2.37. The van der Waals surface area contributed by atoms with E-state index < -0.39 is 44.7 Å². The molecule has 0 saturated heterocycles. The van der Waals surface area contributed by atoms with Crippen molar-refractivity contribution in [1.29, 1.82) is 0 Å². The summed E-state index contributed by atoms with van der Waals surface area (Å²) in [5, 5.41) is 9.01. The molecular formula is C13H11F4N3O3S. The predicted molar refractivity (Wildman–Crippen MR) is 75.5 cm³/mol. The van der Waals surface area contributed by atoms with Crippen LogP contribution in [0.15, 0.2) is 15.4 Å². The van der Waals surface area contributed by atoms with Crippen molar-refractivity contribution in [2.24, 2.45) is 0 Å². The Labute approximate surface area is 135 Å². The molecule has 1 amide bonds. The van der Waals surface area contributed by atoms with Gasteiger partial charge in [-0.2, -0.15) is 13.2 Å². The molecule has 2 aromatic rings. The lowest BCUT2D eigenvalue weighted by molar-refractivity contribution is -0.140. The third kappa shape index (κ3) is 3.45. The molecule has 1 aromatic heterocycles. The number of nitrogens with zero attached hydrogens (tertiary/aromatic N) is 2. The van der Waals surface area contributed by atoms with Crippen molar-refractivity contribution >= 4 is 22.7 Å². The number of amides is 1. The van der Waals surface area contributed by atoms with E-state index in [1.54, 1.807) is 0 Å². The SMILES string of the molecule is Cc1nnc(NC(=O)c2c(F)cc(C(F)(F)F)c(S(C)=O)c2C)o1. The van der Waals surface area contributed by atoms with E-state index in [-0.39, 0.29) is 23.5 Å². The molecule has 0 bridgehead atoms. The summed E-state index contributed by atoms with van der Waals surface area (Å²) in [5.74, 6) is -2.36. The first-order valence-corrected chi connectivity index (χ1v) is 7.93. The molecule has 0 spiro atoms. The Morgan fingerprint density at radius 1 is 1.29 bits per heavy atom. The third-order valence-electron chi connectivity index (χ3n) is 3.04. The van der Waals surface area contributed by atoms with E-state index in [4.69, 9.17) is 4.42 Å². The van der Waals surface area contributed by atoms with E-state index in [1.165, 1.54) is 6.92 Å². The molecule has 1 aromatic carbocycles. The van der Waals surface area contributed by atoms with Crippen LogP contribution in [-0.4, -0.2) is 26.6 Å². The van der Waals surface area contributed by atoms with Gasteiger partial charge in [0.1, 0.15) is 5.82 Å². The van der Waals surface area contributed by atoms with Crippen molar-refractivity contribution in [2.75, 3.05) is 11.6 Å². The highest BCUT2D eigenvalue weighted by atomic mass is 32.2. The first kappa shape index (κ1) is 18.0. The minimum absolute atomic E-state index is 0.130. The maximum atomic E-state index is 14.1. The van der Waals surface area contributed by atoms with Gasteiger partial charge in [-0.05, 0) is 18.6 Å². The Bertz CT molecular complexity index is 833. The molecule has 6 nitrogen and oxygen atoms in total. The quantitative estimate of drug-likeness (QED) is 0.846. The Balaban J connectivity index is 2.57. The van der Waals surface area contributed by atoms with Crippen LogP contribution >= 0.6 is 0 Å². The normalized spacial score (nSPS) is 13.0. The molecule has 130 valence electrons. The van der Waals surface area contributed by atoms with Crippen molar-refractivity contribution in [3.63, 3.8) is 0 Å². The second kappa shape index (κ2) is 6.30. The van der Waals surface area contributed by atoms with Crippen LogP contribution < -0.4 is 5.32 Å². The number of benzene rings is 1. The summed E-state index contributed by atoms with van der Waals surface area (Å²) < 4.78 is 69.8. The molecule has 0 aliphatic rings. The Morgan fingerprint density at radius 2 is 1.92 bits per heavy atom. The van der Waals surface area contributed by atoms with E-state index in [1.807, 2.05) is 0 Å². The average Bonchev–Trinajstić information content (AvgIpc) is 2.81. The van der Waals surface area contributed by atoms with Gasteiger partial charge in [-0.1, -0.05) is 5.10 Å². The maximum absolute atomic E-state index is 14.1. The zero-order chi connectivity index (χ0) is 18.2. The van der Waals surface area contributed by atoms with Gasteiger partial charge >= 0.3 is 12.2 Å². The fourth-order valence-electron chi connectivity index (χ4n) is 2.13. The first-order chi connectivity index (χ1) is 11.0. The van der Waals surface area contributed by atoms with Crippen LogP contribution in [0, 0.1) is 19.7 Å². The van der Waals surface area contributed by atoms with E-state index in [9.17, 15) is 26.6 Å². The number of hydrogen-bond acceptors (Lipinski definition) is 5. The molecule has 1 N–H and O–H groups in total. The molecule has 0 aliphatic heterocycles. The lowest BCUT2D eigenvalue weighted by Crippen LogP contribution is -2.20. The predicted octanol–water partition coefficient (Wildman–Crippen LogP) is 2.83. The van der Waals surface area contributed by atoms with E-state index in [0.717, 1.165) is 13.2 Å². The molecule has 2 rings (SSSR count). The van der Waals surface area contributed by atoms with Gasteiger partial charge in [0.2, 0.25) is 5.89 Å². The molecule has 0 saturated carbocycles. The molecule has 11 heteroatoms. The summed E-state index contributed by atoms with van der Waals surface area (Å²) in [6.45, 7) is 2.54. The van der Waals surface area contributed by atoms with Gasteiger partial charge in [-0.25, -0.2) is 4.39 Å². The summed E-state index contributed by atoms with van der Waals surface area (Å²) in [7, 11) is -2.09. The Morgan fingerprint density at radius 3 is 2.38 bits per heavy atom. The number of anilines is 1. The third-order valence-corrected chi connectivity index (χ3v) is 4.14. The van der Waals surface area contributed by atoms with Crippen LogP contribution in [-0.2, 0) is 17.0 Å². The van der Waals surface area contributed by atoms with Gasteiger partial charge in [-0.3, -0.25) is 14.3 Å². The van der Waals surface area contributed by atoms with Gasteiger partial charge in [0, 0.05) is 13.2 Å². The van der Waals surface area contributed by atoms with Crippen LogP contribution in [0.2, 0.25) is 0 Å². The first-order valence-electron chi connectivity index (χ1n) is 6.37. The van der Waals surface area contributed by atoms with Gasteiger partial charge < -0.3 is 4.42 Å². The number of nitrogens with one attached hydrogen (secondary N) is 1. The topological polar surface area (TPSA) is 85.1 Å². The zero-order valence-corrected chi connectivity index (χ0v) is 13.4. The van der Waals surface area contributed by atoms with Crippen molar-refractivity contribution in [3.05, 3.63) is 34.5 Å². The molecule has 1 atom stereocenters. The van der Waals surface area contributed by atoms with Crippen molar-refractivity contribution < 1.29 is 31.0 Å². The Kier molecular flexibility index (Phi) is 4.74. The average molecular weight is 365 g/mol. The summed E-state index contributed by atoms with van der Waals surface area (Å²) in [6.07, 6.45) is -3.90. The molecular weight excluding hydrogens is 354 g/mol. The lowest BCUT2D eigenvalue weighted by atomic mass is 10.0. The van der Waals surface area contributed by atoms with E-state index >= 15 is 0 Å². The van der Waals surface area contributed by atoms with Gasteiger partial charge in [0.25, 0.3) is 5.91 Å². The molecule has 0 aliphatic carbocycles. The van der Waals surface area contributed by atoms with Crippen LogP contribution in [0.1, 0.15) is 27.4 Å². The van der Waals surface area contributed by atoms with Crippen LogP contribution in [0.25, 0.3) is 0 Å². The van der Waals surface area contributed by atoms with E-state index in [0.29, 0.717) is 0 Å². The van der Waals surface area contributed by atoms with Crippen molar-refractivity contribution in [2.45, 2.75) is 24.9 Å². The van der Waals surface area contributed by atoms with Crippen molar-refractivity contribution in [1.82, 2.24) is 10.2 Å². The number of hydrogen-bond donors (Lipinski definition) is 1. The standard InChI is InChI=1S/C13H11F4N3O3S/c1-5-9(11(21)18-12-20-19-6(2)23-12)8(14)4-7(13(15,16)17)10(5)24(3)22/h4H,1-3H3,(H,18,20,21). The highest BCUT2D eigenvalue weighted by molar-refractivity contribution is 7.84. The van der Waals surface area contributed by atoms with Crippen LogP contribution in [0.5, 0.6) is 0 Å². The fraction of sp³-hybridized carbons (Fsp3) is 0.308. The number of aryl methyl sites for hydroxylation is 1.